The van der Waals surface area contributed by atoms with Crippen LogP contribution in [0.4, 0.5) is 0 Å². The van der Waals surface area contributed by atoms with Crippen LogP contribution in [0, 0.1) is 0 Å². The summed E-state index contributed by atoms with van der Waals surface area (Å²) in [5.74, 6) is -0.281. The molecule has 4 unspecified atom stereocenters. The number of allylic oxidation sites excluding steroid dienone is 18. The van der Waals surface area contributed by atoms with Crippen molar-refractivity contribution in [3.8, 4) is 0 Å². The second-order valence-corrected chi connectivity index (χ2v) is 20.8. The molecule has 69 heavy (non-hydrogen) atoms. The molecule has 10 heteroatoms. The summed E-state index contributed by atoms with van der Waals surface area (Å²) in [4.78, 5) is 23.3. The van der Waals surface area contributed by atoms with Gasteiger partial charge in [-0.15, -0.1) is 0 Å². The Balaban J connectivity index is 4.23. The molecule has 396 valence electrons. The van der Waals surface area contributed by atoms with Crippen molar-refractivity contribution in [3.63, 3.8) is 0 Å². The number of phosphoric ester groups is 1. The maximum Gasteiger partial charge on any atom is 0.472 e. The van der Waals surface area contributed by atoms with Crippen LogP contribution in [0.25, 0.3) is 0 Å². The minimum absolute atomic E-state index is 0.00793. The predicted octanol–water partition coefficient (Wildman–Crippen LogP) is 15.4. The summed E-state index contributed by atoms with van der Waals surface area (Å²) < 4.78 is 23.6. The lowest BCUT2D eigenvalue weighted by Gasteiger charge is -2.28. The number of phosphoric acid groups is 1. The highest BCUT2D eigenvalue weighted by Crippen LogP contribution is 2.43. The predicted molar refractivity (Wildman–Crippen MR) is 296 cm³/mol. The van der Waals surface area contributed by atoms with Gasteiger partial charge in [-0.2, -0.15) is 0 Å². The van der Waals surface area contributed by atoms with Gasteiger partial charge in [-0.3, -0.25) is 13.8 Å². The molecule has 0 aromatic rings. The first-order chi connectivity index (χ1) is 33.4. The summed E-state index contributed by atoms with van der Waals surface area (Å²) in [6.45, 7) is 4.41. The topological polar surface area (TPSA) is 125 Å². The van der Waals surface area contributed by atoms with Gasteiger partial charge in [0.2, 0.25) is 5.91 Å². The van der Waals surface area contributed by atoms with Crippen LogP contribution in [-0.2, 0) is 18.4 Å². The summed E-state index contributed by atoms with van der Waals surface area (Å²) in [6, 6.07) is -1.06. The van der Waals surface area contributed by atoms with Gasteiger partial charge in [0.1, 0.15) is 19.3 Å². The molecule has 0 spiro atoms. The van der Waals surface area contributed by atoms with Crippen molar-refractivity contribution < 1.29 is 38.0 Å². The maximum atomic E-state index is 13.0. The van der Waals surface area contributed by atoms with Crippen LogP contribution >= 0.6 is 7.82 Å². The first-order valence-electron chi connectivity index (χ1n) is 27.3. The van der Waals surface area contributed by atoms with Crippen LogP contribution in [0.1, 0.15) is 200 Å². The van der Waals surface area contributed by atoms with E-state index in [4.69, 9.17) is 9.05 Å². The van der Waals surface area contributed by atoms with Crippen LogP contribution in [0.2, 0.25) is 0 Å². The molecule has 0 aromatic carbocycles. The normalized spacial score (nSPS) is 15.3. The third-order valence-corrected chi connectivity index (χ3v) is 12.6. The number of quaternary nitrogens is 1. The van der Waals surface area contributed by atoms with E-state index in [1.165, 1.54) is 64.2 Å². The van der Waals surface area contributed by atoms with Crippen molar-refractivity contribution in [3.05, 3.63) is 109 Å². The molecular formula is C59H104N2O7P+. The Morgan fingerprint density at radius 3 is 1.38 bits per heavy atom. The first kappa shape index (κ1) is 66.1. The number of nitrogens with zero attached hydrogens (tertiary/aromatic N) is 1. The summed E-state index contributed by atoms with van der Waals surface area (Å²) in [5, 5.41) is 24.7. The largest absolute Gasteiger partial charge is 0.472 e. The van der Waals surface area contributed by atoms with Gasteiger partial charge in [0.15, 0.2) is 0 Å². The third kappa shape index (κ3) is 49.9. The summed E-state index contributed by atoms with van der Waals surface area (Å²) in [5.41, 5.74) is 0. The number of aliphatic hydroxyl groups excluding tert-OH is 2. The molecule has 1 amide bonds. The molecule has 0 aliphatic rings. The molecule has 0 radical (unpaired) electrons. The minimum Gasteiger partial charge on any atom is -0.390 e. The van der Waals surface area contributed by atoms with E-state index in [-0.39, 0.29) is 18.9 Å². The monoisotopic (exact) mass is 984 g/mol. The van der Waals surface area contributed by atoms with Gasteiger partial charge in [0.25, 0.3) is 0 Å². The Morgan fingerprint density at radius 2 is 0.913 bits per heavy atom. The summed E-state index contributed by atoms with van der Waals surface area (Å²) >= 11 is 0. The van der Waals surface area contributed by atoms with Crippen LogP contribution in [-0.4, -0.2) is 84.6 Å². The number of carbonyl (C=O) groups excluding carboxylic acids is 1. The Hall–Kier alpha value is -2.88. The van der Waals surface area contributed by atoms with Gasteiger partial charge < -0.3 is 24.9 Å². The van der Waals surface area contributed by atoms with Gasteiger partial charge in [0.05, 0.1) is 39.9 Å². The second-order valence-electron chi connectivity index (χ2n) is 19.3. The van der Waals surface area contributed by atoms with Crippen molar-refractivity contribution in [2.45, 2.75) is 218 Å². The quantitative estimate of drug-likeness (QED) is 0.0207. The summed E-state index contributed by atoms with van der Waals surface area (Å²) in [6.07, 6.45) is 67.5. The highest BCUT2D eigenvalue weighted by Gasteiger charge is 2.31. The smallest absolute Gasteiger partial charge is 0.390 e. The highest BCUT2D eigenvalue weighted by molar-refractivity contribution is 7.47. The Kier molecular flexibility index (Phi) is 46.7. The number of aliphatic hydroxyl groups is 2. The lowest BCUT2D eigenvalue weighted by Crippen LogP contribution is -2.51. The fourth-order valence-corrected chi connectivity index (χ4v) is 7.99. The fourth-order valence-electron chi connectivity index (χ4n) is 7.26. The van der Waals surface area contributed by atoms with E-state index in [0.717, 1.165) is 96.3 Å². The van der Waals surface area contributed by atoms with Gasteiger partial charge in [-0.25, -0.2) is 4.57 Å². The Morgan fingerprint density at radius 1 is 0.522 bits per heavy atom. The van der Waals surface area contributed by atoms with Crippen LogP contribution < -0.4 is 5.32 Å². The van der Waals surface area contributed by atoms with E-state index >= 15 is 0 Å². The molecule has 0 bridgehead atoms. The number of amides is 1. The number of carbonyl (C=O) groups is 1. The number of unbranched alkanes of at least 4 members (excludes halogenated alkanes) is 16. The molecule has 0 heterocycles. The average molecular weight is 984 g/mol. The van der Waals surface area contributed by atoms with Crippen LogP contribution in [0.3, 0.4) is 0 Å². The molecule has 0 fully saturated rings. The Bertz CT molecular complexity index is 1510. The fraction of sp³-hybridized carbons (Fsp3) is 0.678. The molecular weight excluding hydrogens is 880 g/mol. The van der Waals surface area contributed by atoms with E-state index in [2.05, 4.69) is 129 Å². The van der Waals surface area contributed by atoms with Crippen molar-refractivity contribution >= 4 is 13.7 Å². The molecule has 0 saturated heterocycles. The molecule has 4 N–H and O–H groups in total. The number of hydrogen-bond acceptors (Lipinski definition) is 6. The molecule has 0 rings (SSSR count). The van der Waals surface area contributed by atoms with Gasteiger partial charge in [0, 0.05) is 6.42 Å². The second kappa shape index (κ2) is 48.7. The van der Waals surface area contributed by atoms with E-state index in [9.17, 15) is 24.5 Å². The van der Waals surface area contributed by atoms with Crippen LogP contribution in [0.5, 0.6) is 0 Å². The van der Waals surface area contributed by atoms with Crippen molar-refractivity contribution in [2.75, 3.05) is 40.9 Å². The molecule has 4 atom stereocenters. The molecule has 0 saturated carbocycles. The maximum absolute atomic E-state index is 13.0. The lowest BCUT2D eigenvalue weighted by atomic mass is 10.0. The zero-order valence-corrected chi connectivity index (χ0v) is 45.5. The van der Waals surface area contributed by atoms with Gasteiger partial charge in [-0.1, -0.05) is 194 Å². The van der Waals surface area contributed by atoms with Gasteiger partial charge >= 0.3 is 7.82 Å². The molecule has 9 nitrogen and oxygen atoms in total. The average Bonchev–Trinajstić information content (AvgIpc) is 3.31. The van der Waals surface area contributed by atoms with E-state index in [1.54, 1.807) is 0 Å². The van der Waals surface area contributed by atoms with E-state index in [0.29, 0.717) is 30.3 Å². The highest BCUT2D eigenvalue weighted by atomic mass is 31.2. The zero-order valence-electron chi connectivity index (χ0n) is 44.6. The van der Waals surface area contributed by atoms with Crippen molar-refractivity contribution in [1.29, 1.82) is 0 Å². The third-order valence-electron chi connectivity index (χ3n) is 11.6. The van der Waals surface area contributed by atoms with E-state index < -0.39 is 32.7 Å². The molecule has 0 aromatic heterocycles. The number of likely N-dealkylation sites (N-methyl/N-ethyl adjacent to an activating group) is 1. The van der Waals surface area contributed by atoms with Crippen molar-refractivity contribution in [1.82, 2.24) is 5.32 Å². The minimum atomic E-state index is -4.44. The first-order valence-corrected chi connectivity index (χ1v) is 28.8. The SMILES string of the molecule is CC/C=C\C/C=C\C/C=C\C/C=C\C/C=C\C/C=C\C/C=C\CCCCCCCCCCCCCC(=O)NC(COP(=O)(O)OCC[N+](C)(C)C)C(O)C(O)CCC/C=C/CC/C=C/CCCCC. The molecule has 0 aliphatic carbocycles. The number of nitrogens with one attached hydrogen (secondary N) is 1. The van der Waals surface area contributed by atoms with E-state index in [1.807, 2.05) is 21.1 Å². The van der Waals surface area contributed by atoms with Crippen molar-refractivity contribution in [2.24, 2.45) is 0 Å². The standard InChI is InChI=1S/C59H103N2O7P/c1-6-8-10-12-14-16-18-20-21-22-23-24-25-26-27-28-29-30-31-32-33-34-35-36-37-38-39-40-42-44-46-48-50-52-58(63)60-56(55-68-69(65,66)67-54-53-61(3,4)5)59(64)57(62)51-49-47-45-43-41-19-17-15-13-11-9-7-2/h8,10,14-17,20-21,23-24,26-27,29-30,32-33,43,45,56-57,59,62,64H,6-7,9,11-13,18-19,22,25,28,31,34-42,44,46-55H2,1-5H3,(H-,60,63,65,66)/p+1/b10-8-,16-14-,17-15+,21-20-,24-23-,27-26-,30-29-,33-32-,45-43+. The number of rotatable bonds is 48. The summed E-state index contributed by atoms with van der Waals surface area (Å²) in [7, 11) is 1.39. The number of hydrogen-bond donors (Lipinski definition) is 4. The van der Waals surface area contributed by atoms with Crippen LogP contribution in [0.15, 0.2) is 109 Å². The molecule has 0 aliphatic heterocycles. The Labute approximate surface area is 424 Å². The lowest BCUT2D eigenvalue weighted by molar-refractivity contribution is -0.870. The zero-order chi connectivity index (χ0) is 50.8. The van der Waals surface area contributed by atoms with Gasteiger partial charge in [-0.05, 0) is 109 Å².